The van der Waals surface area contributed by atoms with Gasteiger partial charge in [-0.1, -0.05) is 0 Å². The van der Waals surface area contributed by atoms with Gasteiger partial charge in [0.25, 0.3) is 0 Å². The Morgan fingerprint density at radius 3 is 2.86 bits per heavy atom. The zero-order chi connectivity index (χ0) is 15.3. The van der Waals surface area contributed by atoms with Gasteiger partial charge in [0.05, 0.1) is 16.6 Å². The van der Waals surface area contributed by atoms with Crippen LogP contribution in [-0.4, -0.2) is 23.0 Å². The summed E-state index contributed by atoms with van der Waals surface area (Å²) in [5.41, 5.74) is 13.3. The molecule has 0 aromatic carbocycles. The molecule has 2 fully saturated rings. The van der Waals surface area contributed by atoms with E-state index in [0.29, 0.717) is 17.3 Å². The molecule has 0 atom stereocenters. The average molecular weight is 317 g/mol. The van der Waals surface area contributed by atoms with Crippen LogP contribution in [0.25, 0.3) is 10.2 Å². The molecule has 22 heavy (non-hydrogen) atoms. The highest BCUT2D eigenvalue weighted by molar-refractivity contribution is 7.17. The lowest BCUT2D eigenvalue weighted by Gasteiger charge is -2.56. The Morgan fingerprint density at radius 2 is 2.18 bits per heavy atom. The lowest BCUT2D eigenvalue weighted by atomic mass is 9.53. The van der Waals surface area contributed by atoms with Crippen molar-refractivity contribution in [3.8, 4) is 5.88 Å². The van der Waals surface area contributed by atoms with E-state index < -0.39 is 0 Å². The summed E-state index contributed by atoms with van der Waals surface area (Å²) in [7, 11) is 0. The smallest absolute Gasteiger partial charge is 0.222 e. The minimum atomic E-state index is -0.363. The molecule has 2 heterocycles. The fourth-order valence-corrected chi connectivity index (χ4v) is 4.65. The lowest BCUT2D eigenvalue weighted by Crippen LogP contribution is -2.56. The summed E-state index contributed by atoms with van der Waals surface area (Å²) in [6.45, 7) is 0. The van der Waals surface area contributed by atoms with Crippen molar-refractivity contribution in [1.29, 1.82) is 0 Å². The van der Waals surface area contributed by atoms with Crippen molar-refractivity contribution in [2.45, 2.75) is 44.2 Å². The second kappa shape index (κ2) is 4.93. The average Bonchev–Trinajstić information content (AvgIpc) is 2.81. The topological polar surface area (TPSA) is 91.2 Å². The maximum absolute atomic E-state index is 11.3. The largest absolute Gasteiger partial charge is 0.474 e. The Balaban J connectivity index is 1.53. The normalized spacial score (nSPS) is 30.0. The van der Waals surface area contributed by atoms with Gasteiger partial charge in [-0.2, -0.15) is 0 Å². The van der Waals surface area contributed by atoms with E-state index in [9.17, 15) is 4.79 Å². The number of carbonyl (C=O) groups excluding carboxylic acids is 1. The number of nitrogens with two attached hydrogens (primary N) is 2. The van der Waals surface area contributed by atoms with Gasteiger partial charge in [-0.25, -0.2) is 4.98 Å². The number of pyridine rings is 1. The van der Waals surface area contributed by atoms with E-state index >= 15 is 0 Å². The first-order chi connectivity index (χ1) is 10.5. The van der Waals surface area contributed by atoms with Crippen LogP contribution in [0.15, 0.2) is 17.5 Å². The van der Waals surface area contributed by atoms with Crippen molar-refractivity contribution in [2.24, 2.45) is 16.9 Å². The third-order valence-electron chi connectivity index (χ3n) is 4.83. The highest BCUT2D eigenvalue weighted by Crippen LogP contribution is 2.56. The molecule has 2 aromatic heterocycles. The molecular weight excluding hydrogens is 298 g/mol. The van der Waals surface area contributed by atoms with E-state index in [0.717, 1.165) is 41.5 Å². The van der Waals surface area contributed by atoms with E-state index in [1.54, 1.807) is 11.3 Å². The SMILES string of the molecule is NC(=O)Cc1cc2sccc2nc1OC1CC2(CC(N)C2)C1. The zero-order valence-corrected chi connectivity index (χ0v) is 13.1. The molecule has 2 aliphatic rings. The molecule has 2 aliphatic carbocycles. The van der Waals surface area contributed by atoms with Gasteiger partial charge in [0, 0.05) is 11.6 Å². The predicted octanol–water partition coefficient (Wildman–Crippen LogP) is 1.97. The fraction of sp³-hybridized carbons (Fsp3) is 0.500. The van der Waals surface area contributed by atoms with E-state index in [-0.39, 0.29) is 18.4 Å². The summed E-state index contributed by atoms with van der Waals surface area (Å²) in [6.07, 6.45) is 4.65. The Labute approximate surface area is 132 Å². The maximum Gasteiger partial charge on any atom is 0.222 e. The van der Waals surface area contributed by atoms with Crippen molar-refractivity contribution in [1.82, 2.24) is 4.98 Å². The monoisotopic (exact) mass is 317 g/mol. The number of rotatable bonds is 4. The van der Waals surface area contributed by atoms with E-state index in [1.807, 2.05) is 17.5 Å². The predicted molar refractivity (Wildman–Crippen MR) is 85.8 cm³/mol. The molecule has 5 nitrogen and oxygen atoms in total. The molecule has 1 amide bonds. The molecule has 0 bridgehead atoms. The third-order valence-corrected chi connectivity index (χ3v) is 5.68. The van der Waals surface area contributed by atoms with Crippen molar-refractivity contribution in [3.63, 3.8) is 0 Å². The molecule has 116 valence electrons. The number of nitrogens with zero attached hydrogens (tertiary/aromatic N) is 1. The van der Waals surface area contributed by atoms with Gasteiger partial charge in [-0.3, -0.25) is 4.79 Å². The van der Waals surface area contributed by atoms with Crippen LogP contribution in [0.1, 0.15) is 31.2 Å². The number of carbonyl (C=O) groups is 1. The van der Waals surface area contributed by atoms with Gasteiger partial charge in [0.15, 0.2) is 0 Å². The molecule has 0 aliphatic heterocycles. The van der Waals surface area contributed by atoms with Crippen LogP contribution in [0.3, 0.4) is 0 Å². The van der Waals surface area contributed by atoms with Crippen molar-refractivity contribution >= 4 is 27.5 Å². The molecule has 0 radical (unpaired) electrons. The van der Waals surface area contributed by atoms with E-state index in [4.69, 9.17) is 16.2 Å². The zero-order valence-electron chi connectivity index (χ0n) is 12.2. The molecule has 4 N–H and O–H groups in total. The van der Waals surface area contributed by atoms with Crippen LogP contribution < -0.4 is 16.2 Å². The first-order valence-electron chi connectivity index (χ1n) is 7.61. The third kappa shape index (κ3) is 2.36. The summed E-state index contributed by atoms with van der Waals surface area (Å²) < 4.78 is 7.13. The molecule has 0 saturated heterocycles. The van der Waals surface area contributed by atoms with Gasteiger partial charge >= 0.3 is 0 Å². The molecular formula is C16H19N3O2S. The lowest BCUT2D eigenvalue weighted by molar-refractivity contribution is -0.117. The van der Waals surface area contributed by atoms with E-state index in [1.165, 1.54) is 0 Å². The quantitative estimate of drug-likeness (QED) is 0.902. The van der Waals surface area contributed by atoms with Crippen LogP contribution in [0.2, 0.25) is 0 Å². The van der Waals surface area contributed by atoms with Crippen molar-refractivity contribution < 1.29 is 9.53 Å². The van der Waals surface area contributed by atoms with Crippen LogP contribution >= 0.6 is 11.3 Å². The molecule has 2 saturated carbocycles. The Kier molecular flexibility index (Phi) is 3.13. The molecule has 2 aromatic rings. The number of aromatic nitrogens is 1. The van der Waals surface area contributed by atoms with Gasteiger partial charge in [0.1, 0.15) is 6.10 Å². The number of amides is 1. The highest BCUT2D eigenvalue weighted by Gasteiger charge is 2.53. The first-order valence-corrected chi connectivity index (χ1v) is 8.49. The van der Waals surface area contributed by atoms with Gasteiger partial charge in [-0.05, 0) is 48.6 Å². The molecule has 6 heteroatoms. The summed E-state index contributed by atoms with van der Waals surface area (Å²) >= 11 is 1.60. The van der Waals surface area contributed by atoms with E-state index in [2.05, 4.69) is 4.98 Å². The minimum Gasteiger partial charge on any atom is -0.474 e. The van der Waals surface area contributed by atoms with Crippen molar-refractivity contribution in [3.05, 3.63) is 23.1 Å². The first kappa shape index (κ1) is 14.0. The fourth-order valence-electron chi connectivity index (χ4n) is 3.87. The van der Waals surface area contributed by atoms with Gasteiger partial charge in [0.2, 0.25) is 11.8 Å². The van der Waals surface area contributed by atoms with Crippen LogP contribution in [0, 0.1) is 5.41 Å². The van der Waals surface area contributed by atoms with Gasteiger partial charge in [-0.15, -0.1) is 11.3 Å². The standard InChI is InChI=1S/C16H19N3O2S/c17-10-5-16(6-10)7-11(8-16)21-15-9(4-14(18)20)3-13-12(19-15)1-2-22-13/h1-3,10-11H,4-8,17H2,(H2,18,20). The van der Waals surface area contributed by atoms with Crippen LogP contribution in [-0.2, 0) is 11.2 Å². The summed E-state index contributed by atoms with van der Waals surface area (Å²) in [6, 6.07) is 4.31. The minimum absolute atomic E-state index is 0.166. The number of thiophene rings is 1. The summed E-state index contributed by atoms with van der Waals surface area (Å²) in [5, 5.41) is 1.99. The highest BCUT2D eigenvalue weighted by atomic mass is 32.1. The number of ether oxygens (including phenoxy) is 1. The molecule has 4 rings (SSSR count). The number of fused-ring (bicyclic) bond motifs is 1. The molecule has 0 unspecified atom stereocenters. The van der Waals surface area contributed by atoms with Crippen LogP contribution in [0.5, 0.6) is 5.88 Å². The second-order valence-corrected chi connectivity index (χ2v) is 7.66. The Hall–Kier alpha value is -1.66. The van der Waals surface area contributed by atoms with Crippen molar-refractivity contribution in [2.75, 3.05) is 0 Å². The Bertz CT molecular complexity index is 728. The number of hydrogen-bond donors (Lipinski definition) is 2. The second-order valence-electron chi connectivity index (χ2n) is 6.72. The van der Waals surface area contributed by atoms with Crippen LogP contribution in [0.4, 0.5) is 0 Å². The maximum atomic E-state index is 11.3. The number of hydrogen-bond acceptors (Lipinski definition) is 5. The summed E-state index contributed by atoms with van der Waals surface area (Å²) in [5.74, 6) is 0.200. The summed E-state index contributed by atoms with van der Waals surface area (Å²) in [4.78, 5) is 15.9. The number of primary amides is 1. The molecule has 1 spiro atoms. The Morgan fingerprint density at radius 1 is 1.41 bits per heavy atom. The van der Waals surface area contributed by atoms with Gasteiger partial charge < -0.3 is 16.2 Å².